The summed E-state index contributed by atoms with van der Waals surface area (Å²) in [6.07, 6.45) is -0.0837. The first-order valence-electron chi connectivity index (χ1n) is 7.54. The van der Waals surface area contributed by atoms with E-state index in [9.17, 15) is 19.2 Å². The number of aromatic nitrogens is 2. The molecule has 0 aliphatic heterocycles. The first-order chi connectivity index (χ1) is 11.3. The number of aryl methyl sites for hydroxylation is 1. The minimum Gasteiger partial charge on any atom is -0.480 e. The minimum absolute atomic E-state index is 0.0272. The molecule has 0 bridgehead atoms. The van der Waals surface area contributed by atoms with Crippen LogP contribution in [0.5, 0.6) is 0 Å². The number of fused-ring (bicyclic) bond motifs is 1. The van der Waals surface area contributed by atoms with Crippen LogP contribution in [0.4, 0.5) is 0 Å². The van der Waals surface area contributed by atoms with Crippen LogP contribution in [-0.2, 0) is 16.1 Å². The molecule has 2 aromatic rings. The van der Waals surface area contributed by atoms with E-state index in [4.69, 9.17) is 5.11 Å². The third-order valence-corrected chi connectivity index (χ3v) is 3.68. The van der Waals surface area contributed by atoms with Crippen LogP contribution >= 0.6 is 0 Å². The van der Waals surface area contributed by atoms with Gasteiger partial charge in [0, 0.05) is 12.5 Å². The summed E-state index contributed by atoms with van der Waals surface area (Å²) in [6, 6.07) is 6.15. The lowest BCUT2D eigenvalue weighted by atomic mass is 10.2. The van der Waals surface area contributed by atoms with Crippen molar-refractivity contribution in [3.63, 3.8) is 0 Å². The monoisotopic (exact) mass is 333 g/mol. The molecule has 1 aromatic carbocycles. The van der Waals surface area contributed by atoms with Gasteiger partial charge in [-0.25, -0.2) is 4.68 Å². The van der Waals surface area contributed by atoms with Crippen molar-refractivity contribution in [2.45, 2.75) is 32.9 Å². The van der Waals surface area contributed by atoms with E-state index in [1.165, 1.54) is 4.90 Å². The number of rotatable bonds is 6. The summed E-state index contributed by atoms with van der Waals surface area (Å²) in [7, 11) is 0. The lowest BCUT2D eigenvalue weighted by molar-refractivity contribution is -0.145. The molecule has 0 unspecified atom stereocenters. The molecule has 24 heavy (non-hydrogen) atoms. The van der Waals surface area contributed by atoms with E-state index in [0.29, 0.717) is 5.39 Å². The van der Waals surface area contributed by atoms with Gasteiger partial charge in [-0.1, -0.05) is 12.1 Å². The van der Waals surface area contributed by atoms with Gasteiger partial charge in [0.1, 0.15) is 6.54 Å². The minimum atomic E-state index is -1.10. The zero-order valence-corrected chi connectivity index (χ0v) is 13.5. The molecule has 0 radical (unpaired) electrons. The molecule has 1 heterocycles. The molecule has 0 saturated carbocycles. The summed E-state index contributed by atoms with van der Waals surface area (Å²) < 4.78 is 1.09. The summed E-state index contributed by atoms with van der Waals surface area (Å²) in [5, 5.41) is 11.9. The number of carbonyl (C=O) groups is 2. The van der Waals surface area contributed by atoms with Crippen LogP contribution < -0.4 is 11.1 Å². The number of aromatic amines is 1. The first kappa shape index (κ1) is 17.5. The SMILES string of the molecule is CC(C)N(CC(=O)O)C(=O)CCn1[nH]c(=O)c2ccccc2c1=O. The Morgan fingerprint density at radius 1 is 1.21 bits per heavy atom. The standard InChI is InChI=1S/C16H19N3O5/c1-10(2)18(9-14(21)22)13(20)7-8-19-16(24)12-6-4-3-5-11(12)15(23)17-19/h3-6,10H,7-9H2,1-2H3,(H,17,23)(H,21,22). The van der Waals surface area contributed by atoms with Crippen LogP contribution in [0, 0.1) is 0 Å². The van der Waals surface area contributed by atoms with E-state index in [1.54, 1.807) is 38.1 Å². The van der Waals surface area contributed by atoms with Crippen LogP contribution in [-0.4, -0.2) is 44.3 Å². The third-order valence-electron chi connectivity index (χ3n) is 3.68. The number of H-pyrrole nitrogens is 1. The van der Waals surface area contributed by atoms with Crippen LogP contribution in [0.1, 0.15) is 20.3 Å². The molecule has 0 spiro atoms. The lowest BCUT2D eigenvalue weighted by Gasteiger charge is -2.25. The number of carbonyl (C=O) groups excluding carboxylic acids is 1. The smallest absolute Gasteiger partial charge is 0.323 e. The van der Waals surface area contributed by atoms with Gasteiger partial charge in [-0.2, -0.15) is 0 Å². The highest BCUT2D eigenvalue weighted by atomic mass is 16.4. The highest BCUT2D eigenvalue weighted by Crippen LogP contribution is 2.05. The largest absolute Gasteiger partial charge is 0.480 e. The molecule has 1 aromatic heterocycles. The number of nitrogens with zero attached hydrogens (tertiary/aromatic N) is 2. The number of carboxylic acid groups (broad SMARTS) is 1. The Morgan fingerprint density at radius 2 is 1.83 bits per heavy atom. The normalized spacial score (nSPS) is 11.0. The zero-order chi connectivity index (χ0) is 17.9. The van der Waals surface area contributed by atoms with Crippen LogP contribution in [0.15, 0.2) is 33.9 Å². The highest BCUT2D eigenvalue weighted by molar-refractivity contribution is 5.82. The van der Waals surface area contributed by atoms with Gasteiger partial charge in [0.2, 0.25) is 5.91 Å². The molecule has 0 fully saturated rings. The Hall–Kier alpha value is -2.90. The van der Waals surface area contributed by atoms with Crippen LogP contribution in [0.3, 0.4) is 0 Å². The fourth-order valence-corrected chi connectivity index (χ4v) is 2.46. The molecule has 8 nitrogen and oxygen atoms in total. The van der Waals surface area contributed by atoms with Crippen molar-refractivity contribution in [1.29, 1.82) is 0 Å². The number of carboxylic acids is 1. The van der Waals surface area contributed by atoms with Crippen LogP contribution in [0.2, 0.25) is 0 Å². The summed E-state index contributed by atoms with van der Waals surface area (Å²) in [6.45, 7) is 3.00. The van der Waals surface area contributed by atoms with E-state index in [-0.39, 0.29) is 24.4 Å². The van der Waals surface area contributed by atoms with E-state index in [0.717, 1.165) is 4.68 Å². The molecule has 2 rings (SSSR count). The molecule has 0 aliphatic rings. The molecule has 1 amide bonds. The van der Waals surface area contributed by atoms with E-state index < -0.39 is 29.5 Å². The number of aliphatic carboxylic acids is 1. The number of nitrogens with one attached hydrogen (secondary N) is 1. The van der Waals surface area contributed by atoms with Crippen molar-refractivity contribution in [2.75, 3.05) is 6.54 Å². The summed E-state index contributed by atoms with van der Waals surface area (Å²) in [5.74, 6) is -1.50. The number of benzene rings is 1. The lowest BCUT2D eigenvalue weighted by Crippen LogP contribution is -2.41. The predicted octanol–water partition coefficient (Wildman–Crippen LogP) is 0.401. The summed E-state index contributed by atoms with van der Waals surface area (Å²) in [4.78, 5) is 48.6. The van der Waals surface area contributed by atoms with Crippen molar-refractivity contribution in [2.24, 2.45) is 0 Å². The Morgan fingerprint density at radius 3 is 2.42 bits per heavy atom. The maximum Gasteiger partial charge on any atom is 0.323 e. The van der Waals surface area contributed by atoms with Gasteiger partial charge in [0.05, 0.1) is 17.3 Å². The number of hydrogen-bond donors (Lipinski definition) is 2. The van der Waals surface area contributed by atoms with E-state index in [2.05, 4.69) is 5.10 Å². The molecular formula is C16H19N3O5. The summed E-state index contributed by atoms with van der Waals surface area (Å²) in [5.41, 5.74) is -0.809. The van der Waals surface area contributed by atoms with Crippen LogP contribution in [0.25, 0.3) is 10.8 Å². The van der Waals surface area contributed by atoms with Crippen molar-refractivity contribution < 1.29 is 14.7 Å². The van der Waals surface area contributed by atoms with E-state index in [1.807, 2.05) is 0 Å². The van der Waals surface area contributed by atoms with Gasteiger partial charge in [-0.15, -0.1) is 0 Å². The third kappa shape index (κ3) is 3.70. The Labute approximate surface area is 137 Å². The van der Waals surface area contributed by atoms with Gasteiger partial charge in [-0.05, 0) is 26.0 Å². The molecule has 128 valence electrons. The quantitative estimate of drug-likeness (QED) is 0.794. The maximum absolute atomic E-state index is 12.3. The average Bonchev–Trinajstić information content (AvgIpc) is 2.54. The highest BCUT2D eigenvalue weighted by Gasteiger charge is 2.20. The van der Waals surface area contributed by atoms with Gasteiger partial charge < -0.3 is 10.0 Å². The average molecular weight is 333 g/mol. The molecule has 8 heteroatoms. The molecule has 0 saturated heterocycles. The van der Waals surface area contributed by atoms with Gasteiger partial charge in [0.15, 0.2) is 0 Å². The van der Waals surface area contributed by atoms with Crippen molar-refractivity contribution in [1.82, 2.24) is 14.7 Å². The number of hydrogen-bond acceptors (Lipinski definition) is 4. The summed E-state index contributed by atoms with van der Waals surface area (Å²) >= 11 is 0. The number of amides is 1. The zero-order valence-electron chi connectivity index (χ0n) is 13.5. The predicted molar refractivity (Wildman–Crippen MR) is 87.9 cm³/mol. The Balaban J connectivity index is 2.23. The Kier molecular flexibility index (Phi) is 5.18. The van der Waals surface area contributed by atoms with Crippen molar-refractivity contribution in [3.8, 4) is 0 Å². The van der Waals surface area contributed by atoms with Gasteiger partial charge in [0.25, 0.3) is 11.1 Å². The van der Waals surface area contributed by atoms with Crippen molar-refractivity contribution >= 4 is 22.6 Å². The topological polar surface area (TPSA) is 112 Å². The van der Waals surface area contributed by atoms with Gasteiger partial charge in [-0.3, -0.25) is 24.3 Å². The second-order valence-electron chi connectivity index (χ2n) is 5.70. The molecule has 2 N–H and O–H groups in total. The van der Waals surface area contributed by atoms with Gasteiger partial charge >= 0.3 is 5.97 Å². The molecule has 0 aliphatic carbocycles. The fourth-order valence-electron chi connectivity index (χ4n) is 2.46. The van der Waals surface area contributed by atoms with Crippen molar-refractivity contribution in [3.05, 3.63) is 45.0 Å². The van der Waals surface area contributed by atoms with E-state index >= 15 is 0 Å². The fraction of sp³-hybridized carbons (Fsp3) is 0.375. The second kappa shape index (κ2) is 7.12. The molecular weight excluding hydrogens is 314 g/mol. The second-order valence-corrected chi connectivity index (χ2v) is 5.70. The first-order valence-corrected chi connectivity index (χ1v) is 7.54. The molecule has 0 atom stereocenters. The maximum atomic E-state index is 12.3. The Bertz CT molecular complexity index is 881.